The molecule has 2 aliphatic heterocycles. The number of nitrogens with zero attached hydrogens (tertiary/aromatic N) is 1. The second kappa shape index (κ2) is 5.87. The van der Waals surface area contributed by atoms with E-state index in [-0.39, 0.29) is 11.8 Å². The summed E-state index contributed by atoms with van der Waals surface area (Å²) in [5.41, 5.74) is 3.55. The summed E-state index contributed by atoms with van der Waals surface area (Å²) in [6.45, 7) is 4.39. The van der Waals surface area contributed by atoms with E-state index in [1.54, 1.807) is 0 Å². The first-order valence-electron chi connectivity index (χ1n) is 7.86. The number of hydrogen-bond acceptors (Lipinski definition) is 4. The fourth-order valence-corrected chi connectivity index (χ4v) is 4.97. The van der Waals surface area contributed by atoms with Crippen LogP contribution < -0.4 is 10.2 Å². The summed E-state index contributed by atoms with van der Waals surface area (Å²) in [5, 5.41) is 3.42. The summed E-state index contributed by atoms with van der Waals surface area (Å²) >= 11 is 0. The zero-order chi connectivity index (χ0) is 14.9. The molecule has 4 nitrogen and oxygen atoms in total. The molecule has 0 saturated carbocycles. The van der Waals surface area contributed by atoms with E-state index >= 15 is 0 Å². The third-order valence-corrected chi connectivity index (χ3v) is 6.32. The number of benzene rings is 1. The van der Waals surface area contributed by atoms with E-state index in [0.29, 0.717) is 5.75 Å². The van der Waals surface area contributed by atoms with Crippen molar-refractivity contribution in [2.24, 2.45) is 0 Å². The van der Waals surface area contributed by atoms with Gasteiger partial charge < -0.3 is 10.2 Å². The molecule has 1 atom stereocenters. The van der Waals surface area contributed by atoms with Gasteiger partial charge in [-0.3, -0.25) is 0 Å². The highest BCUT2D eigenvalue weighted by Crippen LogP contribution is 2.27. The van der Waals surface area contributed by atoms with Crippen LogP contribution >= 0.6 is 0 Å². The molecule has 21 heavy (non-hydrogen) atoms. The first-order chi connectivity index (χ1) is 10.0. The van der Waals surface area contributed by atoms with Crippen LogP contribution in [0.15, 0.2) is 18.2 Å². The molecule has 2 fully saturated rings. The second-order valence-electron chi connectivity index (χ2n) is 6.29. The molecule has 1 N–H and O–H groups in total. The normalized spacial score (nSPS) is 25.0. The maximum Gasteiger partial charge on any atom is 0.152 e. The van der Waals surface area contributed by atoms with Gasteiger partial charge in [0.25, 0.3) is 0 Å². The van der Waals surface area contributed by atoms with Crippen molar-refractivity contribution < 1.29 is 8.42 Å². The second-order valence-corrected chi connectivity index (χ2v) is 8.52. The zero-order valence-corrected chi connectivity index (χ0v) is 13.5. The van der Waals surface area contributed by atoms with Crippen LogP contribution in [0, 0.1) is 6.92 Å². The van der Waals surface area contributed by atoms with Crippen LogP contribution in [0.2, 0.25) is 0 Å². The van der Waals surface area contributed by atoms with Crippen LogP contribution in [0.25, 0.3) is 0 Å². The predicted octanol–water partition coefficient (Wildman–Crippen LogP) is 2.58. The Morgan fingerprint density at radius 2 is 1.95 bits per heavy atom. The maximum absolute atomic E-state index is 11.7. The molecule has 0 radical (unpaired) electrons. The lowest BCUT2D eigenvalue weighted by Gasteiger charge is -2.26. The van der Waals surface area contributed by atoms with Crippen molar-refractivity contribution in [2.45, 2.75) is 38.6 Å². The summed E-state index contributed by atoms with van der Waals surface area (Å²) in [4.78, 5) is 2.42. The highest BCUT2D eigenvalue weighted by molar-refractivity contribution is 7.91. The standard InChI is InChI=1S/C16H24N2O2S/c1-13-11-15(18-8-2-3-9-18)6-7-16(13)17-14-5-4-10-21(19,20)12-14/h6-7,11,14,17H,2-5,8-10,12H2,1H3. The lowest BCUT2D eigenvalue weighted by Crippen LogP contribution is -2.35. The number of aryl methyl sites for hydroxylation is 1. The van der Waals surface area contributed by atoms with Crippen molar-refractivity contribution in [1.82, 2.24) is 0 Å². The fraction of sp³-hybridized carbons (Fsp3) is 0.625. The van der Waals surface area contributed by atoms with E-state index in [1.165, 1.54) is 24.1 Å². The molecular formula is C16H24N2O2S. The van der Waals surface area contributed by atoms with Crippen LogP contribution in [0.5, 0.6) is 0 Å². The summed E-state index contributed by atoms with van der Waals surface area (Å²) in [6, 6.07) is 6.52. The van der Waals surface area contributed by atoms with Crippen molar-refractivity contribution in [3.8, 4) is 0 Å². The van der Waals surface area contributed by atoms with Gasteiger partial charge in [-0.1, -0.05) is 0 Å². The van der Waals surface area contributed by atoms with Gasteiger partial charge in [-0.25, -0.2) is 8.42 Å². The topological polar surface area (TPSA) is 49.4 Å². The molecule has 1 aromatic rings. The van der Waals surface area contributed by atoms with E-state index in [0.717, 1.165) is 31.6 Å². The molecule has 0 spiro atoms. The molecule has 0 amide bonds. The average molecular weight is 308 g/mol. The Labute approximate surface area is 127 Å². The number of nitrogens with one attached hydrogen (secondary N) is 1. The van der Waals surface area contributed by atoms with Gasteiger partial charge in [-0.15, -0.1) is 0 Å². The largest absolute Gasteiger partial charge is 0.381 e. The van der Waals surface area contributed by atoms with Crippen LogP contribution in [-0.2, 0) is 9.84 Å². The third kappa shape index (κ3) is 3.51. The van der Waals surface area contributed by atoms with Crippen molar-refractivity contribution in [3.05, 3.63) is 23.8 Å². The number of rotatable bonds is 3. The van der Waals surface area contributed by atoms with Crippen molar-refractivity contribution in [1.29, 1.82) is 0 Å². The molecule has 5 heteroatoms. The van der Waals surface area contributed by atoms with Gasteiger partial charge in [-0.05, 0) is 56.4 Å². The Bertz CT molecular complexity index is 607. The summed E-state index contributed by atoms with van der Waals surface area (Å²) < 4.78 is 23.4. The molecule has 2 saturated heterocycles. The van der Waals surface area contributed by atoms with E-state index in [9.17, 15) is 8.42 Å². The highest BCUT2D eigenvalue weighted by atomic mass is 32.2. The molecule has 2 heterocycles. The van der Waals surface area contributed by atoms with Gasteiger partial charge in [-0.2, -0.15) is 0 Å². The van der Waals surface area contributed by atoms with Crippen molar-refractivity contribution in [3.63, 3.8) is 0 Å². The summed E-state index contributed by atoms with van der Waals surface area (Å²) in [5.74, 6) is 0.610. The van der Waals surface area contributed by atoms with Crippen LogP contribution in [0.3, 0.4) is 0 Å². The van der Waals surface area contributed by atoms with Crippen LogP contribution in [0.1, 0.15) is 31.2 Å². The molecule has 116 valence electrons. The molecule has 0 aliphatic carbocycles. The zero-order valence-electron chi connectivity index (χ0n) is 12.6. The first kappa shape index (κ1) is 14.7. The minimum atomic E-state index is -2.86. The Kier molecular flexibility index (Phi) is 4.11. The SMILES string of the molecule is Cc1cc(N2CCCC2)ccc1NC1CCCS(=O)(=O)C1. The van der Waals surface area contributed by atoms with E-state index in [2.05, 4.69) is 35.3 Å². The van der Waals surface area contributed by atoms with E-state index in [4.69, 9.17) is 0 Å². The molecule has 0 bridgehead atoms. The molecule has 0 aromatic heterocycles. The molecule has 1 aromatic carbocycles. The quantitative estimate of drug-likeness (QED) is 0.932. The molecule has 1 unspecified atom stereocenters. The fourth-order valence-electron chi connectivity index (χ4n) is 3.34. The highest BCUT2D eigenvalue weighted by Gasteiger charge is 2.25. The van der Waals surface area contributed by atoms with E-state index in [1.807, 2.05) is 0 Å². The predicted molar refractivity (Wildman–Crippen MR) is 87.9 cm³/mol. The van der Waals surface area contributed by atoms with Crippen molar-refractivity contribution in [2.75, 3.05) is 34.8 Å². The number of sulfone groups is 1. The third-order valence-electron chi connectivity index (χ3n) is 4.50. The number of anilines is 2. The first-order valence-corrected chi connectivity index (χ1v) is 9.68. The Balaban J connectivity index is 1.71. The van der Waals surface area contributed by atoms with Gasteiger partial charge in [0, 0.05) is 30.5 Å². The average Bonchev–Trinajstić information content (AvgIpc) is 2.94. The summed E-state index contributed by atoms with van der Waals surface area (Å²) in [6.07, 6.45) is 4.26. The van der Waals surface area contributed by atoms with Gasteiger partial charge in [0.2, 0.25) is 0 Å². The molecular weight excluding hydrogens is 284 g/mol. The van der Waals surface area contributed by atoms with Gasteiger partial charge in [0.15, 0.2) is 9.84 Å². The molecule has 3 rings (SSSR count). The minimum absolute atomic E-state index is 0.0556. The molecule has 2 aliphatic rings. The van der Waals surface area contributed by atoms with Gasteiger partial charge in [0.1, 0.15) is 0 Å². The monoisotopic (exact) mass is 308 g/mol. The smallest absolute Gasteiger partial charge is 0.152 e. The number of hydrogen-bond donors (Lipinski definition) is 1. The van der Waals surface area contributed by atoms with Crippen LogP contribution in [0.4, 0.5) is 11.4 Å². The lowest BCUT2D eigenvalue weighted by atomic mass is 10.1. The van der Waals surface area contributed by atoms with Crippen molar-refractivity contribution >= 4 is 21.2 Å². The van der Waals surface area contributed by atoms with Gasteiger partial charge in [0.05, 0.1) is 11.5 Å². The lowest BCUT2D eigenvalue weighted by molar-refractivity contribution is 0.562. The Hall–Kier alpha value is -1.23. The summed E-state index contributed by atoms with van der Waals surface area (Å²) in [7, 11) is -2.86. The maximum atomic E-state index is 11.7. The minimum Gasteiger partial charge on any atom is -0.381 e. The Morgan fingerprint density at radius 1 is 1.19 bits per heavy atom. The Morgan fingerprint density at radius 3 is 2.62 bits per heavy atom. The van der Waals surface area contributed by atoms with E-state index < -0.39 is 9.84 Å². The van der Waals surface area contributed by atoms with Crippen LogP contribution in [-0.4, -0.2) is 39.1 Å². The van der Waals surface area contributed by atoms with Gasteiger partial charge >= 0.3 is 0 Å².